The van der Waals surface area contributed by atoms with Gasteiger partial charge in [-0.2, -0.15) is 13.2 Å². The molecule has 4 rings (SSSR count). The van der Waals surface area contributed by atoms with Gasteiger partial charge in [0.05, 0.1) is 11.6 Å². The number of carbonyl (C=O) groups is 1. The Labute approximate surface area is 150 Å². The molecule has 136 valence electrons. The second kappa shape index (κ2) is 6.45. The van der Waals surface area contributed by atoms with Crippen molar-refractivity contribution in [2.24, 2.45) is 11.8 Å². The number of benzene rings is 2. The van der Waals surface area contributed by atoms with Gasteiger partial charge >= 0.3 is 6.18 Å². The molecule has 0 aliphatic heterocycles. The molecule has 3 atom stereocenters. The van der Waals surface area contributed by atoms with Crippen molar-refractivity contribution < 1.29 is 18.0 Å². The third-order valence-corrected chi connectivity index (χ3v) is 5.34. The third kappa shape index (κ3) is 3.48. The van der Waals surface area contributed by atoms with Crippen LogP contribution in [0.5, 0.6) is 0 Å². The average molecular weight is 359 g/mol. The Morgan fingerprint density at radius 2 is 1.65 bits per heavy atom. The molecule has 26 heavy (non-hydrogen) atoms. The van der Waals surface area contributed by atoms with Crippen LogP contribution in [0, 0.1) is 11.8 Å². The standard InChI is InChI=1S/C21H20F3NO/c22-21(23,24)18-9-5-4-8-15(18)16-12-17(16)20(26)25-19(14-10-11-14)13-6-2-1-3-7-13/h1-9,14,16-17,19H,10-12H2,(H,25,26). The van der Waals surface area contributed by atoms with Gasteiger partial charge in [-0.25, -0.2) is 0 Å². The van der Waals surface area contributed by atoms with Crippen LogP contribution in [0.25, 0.3) is 0 Å². The maximum atomic E-state index is 13.2. The minimum Gasteiger partial charge on any atom is -0.349 e. The monoisotopic (exact) mass is 359 g/mol. The molecule has 2 fully saturated rings. The van der Waals surface area contributed by atoms with Gasteiger partial charge in [0, 0.05) is 5.92 Å². The van der Waals surface area contributed by atoms with Gasteiger partial charge in [0.15, 0.2) is 0 Å². The van der Waals surface area contributed by atoms with E-state index in [0.29, 0.717) is 12.3 Å². The lowest BCUT2D eigenvalue weighted by Gasteiger charge is -2.19. The normalized spacial score (nSPS) is 23.3. The Hall–Kier alpha value is -2.30. The lowest BCUT2D eigenvalue weighted by atomic mass is 10.00. The first-order valence-corrected chi connectivity index (χ1v) is 8.96. The number of alkyl halides is 3. The van der Waals surface area contributed by atoms with Gasteiger partial charge < -0.3 is 5.32 Å². The summed E-state index contributed by atoms with van der Waals surface area (Å²) in [5.74, 6) is -0.416. The van der Waals surface area contributed by atoms with Gasteiger partial charge in [0.1, 0.15) is 0 Å². The Kier molecular flexibility index (Phi) is 4.25. The van der Waals surface area contributed by atoms with Crippen LogP contribution in [0.4, 0.5) is 13.2 Å². The van der Waals surface area contributed by atoms with Crippen molar-refractivity contribution in [1.29, 1.82) is 0 Å². The summed E-state index contributed by atoms with van der Waals surface area (Å²) in [5, 5.41) is 3.09. The number of nitrogens with one attached hydrogen (secondary N) is 1. The molecular weight excluding hydrogens is 339 g/mol. The molecule has 2 nitrogen and oxygen atoms in total. The molecule has 2 aromatic carbocycles. The molecule has 5 heteroatoms. The molecule has 0 aromatic heterocycles. The third-order valence-electron chi connectivity index (χ3n) is 5.34. The van der Waals surface area contributed by atoms with Gasteiger partial charge in [0.2, 0.25) is 5.91 Å². The Balaban J connectivity index is 1.48. The molecule has 0 heterocycles. The van der Waals surface area contributed by atoms with Crippen molar-refractivity contribution in [1.82, 2.24) is 5.32 Å². The van der Waals surface area contributed by atoms with Crippen molar-refractivity contribution in [3.63, 3.8) is 0 Å². The maximum absolute atomic E-state index is 13.2. The number of hydrogen-bond donors (Lipinski definition) is 1. The lowest BCUT2D eigenvalue weighted by molar-refractivity contribution is -0.138. The van der Waals surface area contributed by atoms with Crippen LogP contribution in [0.15, 0.2) is 54.6 Å². The smallest absolute Gasteiger partial charge is 0.349 e. The summed E-state index contributed by atoms with van der Waals surface area (Å²) in [4.78, 5) is 12.7. The second-order valence-corrected chi connectivity index (χ2v) is 7.27. The van der Waals surface area contributed by atoms with E-state index in [9.17, 15) is 18.0 Å². The number of carbonyl (C=O) groups excluding carboxylic acids is 1. The largest absolute Gasteiger partial charge is 0.416 e. The molecule has 2 aliphatic rings. The summed E-state index contributed by atoms with van der Waals surface area (Å²) in [7, 11) is 0. The molecule has 0 radical (unpaired) electrons. The summed E-state index contributed by atoms with van der Waals surface area (Å²) < 4.78 is 39.6. The molecule has 1 amide bonds. The van der Waals surface area contributed by atoms with E-state index < -0.39 is 11.7 Å². The zero-order valence-electron chi connectivity index (χ0n) is 14.2. The molecule has 0 bridgehead atoms. The minimum atomic E-state index is -4.39. The van der Waals surface area contributed by atoms with Crippen molar-refractivity contribution in [3.05, 3.63) is 71.3 Å². The first-order valence-electron chi connectivity index (χ1n) is 8.96. The summed E-state index contributed by atoms with van der Waals surface area (Å²) in [6, 6.07) is 15.3. The number of hydrogen-bond acceptors (Lipinski definition) is 1. The van der Waals surface area contributed by atoms with Crippen LogP contribution < -0.4 is 5.32 Å². The summed E-state index contributed by atoms with van der Waals surface area (Å²) in [6.45, 7) is 0. The topological polar surface area (TPSA) is 29.1 Å². The quantitative estimate of drug-likeness (QED) is 0.793. The molecule has 2 aliphatic carbocycles. The highest BCUT2D eigenvalue weighted by Gasteiger charge is 2.48. The van der Waals surface area contributed by atoms with Crippen LogP contribution in [0.1, 0.15) is 47.9 Å². The zero-order valence-corrected chi connectivity index (χ0v) is 14.2. The summed E-state index contributed by atoms with van der Waals surface area (Å²) in [5.41, 5.74) is 0.682. The highest BCUT2D eigenvalue weighted by Crippen LogP contribution is 2.51. The number of halogens is 3. The predicted octanol–water partition coefficient (Wildman–Crippen LogP) is 5.08. The van der Waals surface area contributed by atoms with Crippen molar-refractivity contribution in [2.75, 3.05) is 0 Å². The van der Waals surface area contributed by atoms with E-state index >= 15 is 0 Å². The minimum absolute atomic E-state index is 0.0391. The predicted molar refractivity (Wildman–Crippen MR) is 92.3 cm³/mol. The first kappa shape index (κ1) is 17.1. The molecule has 3 unspecified atom stereocenters. The van der Waals surface area contributed by atoms with E-state index in [4.69, 9.17) is 0 Å². The molecule has 0 spiro atoms. The first-order chi connectivity index (χ1) is 12.4. The molecule has 0 saturated heterocycles. The number of amides is 1. The van der Waals surface area contributed by atoms with Gasteiger partial charge in [0.25, 0.3) is 0 Å². The molecular formula is C21H20F3NO. The summed E-state index contributed by atoms with van der Waals surface area (Å²) in [6.07, 6.45) is -1.76. The van der Waals surface area contributed by atoms with E-state index in [2.05, 4.69) is 5.32 Å². The van der Waals surface area contributed by atoms with Gasteiger partial charge in [-0.05, 0) is 48.3 Å². The average Bonchev–Trinajstić information content (AvgIpc) is 3.53. The fourth-order valence-electron chi connectivity index (χ4n) is 3.73. The second-order valence-electron chi connectivity index (χ2n) is 7.27. The van der Waals surface area contributed by atoms with E-state index in [1.807, 2.05) is 30.3 Å². The van der Waals surface area contributed by atoms with Crippen molar-refractivity contribution >= 4 is 5.91 Å². The van der Waals surface area contributed by atoms with Crippen molar-refractivity contribution in [2.45, 2.75) is 37.4 Å². The molecule has 2 saturated carbocycles. The highest BCUT2D eigenvalue weighted by molar-refractivity contribution is 5.83. The Bertz CT molecular complexity index is 798. The molecule has 2 aromatic rings. The van der Waals surface area contributed by atoms with E-state index in [0.717, 1.165) is 24.5 Å². The zero-order chi connectivity index (χ0) is 18.3. The van der Waals surface area contributed by atoms with Gasteiger partial charge in [-0.3, -0.25) is 4.79 Å². The van der Waals surface area contributed by atoms with Crippen LogP contribution in [-0.4, -0.2) is 5.91 Å². The van der Waals surface area contributed by atoms with E-state index in [1.165, 1.54) is 12.1 Å². The lowest BCUT2D eigenvalue weighted by Crippen LogP contribution is -2.31. The Morgan fingerprint density at radius 3 is 2.31 bits per heavy atom. The fourth-order valence-corrected chi connectivity index (χ4v) is 3.73. The van der Waals surface area contributed by atoms with Crippen LogP contribution in [0.3, 0.4) is 0 Å². The van der Waals surface area contributed by atoms with Crippen LogP contribution in [0.2, 0.25) is 0 Å². The van der Waals surface area contributed by atoms with Gasteiger partial charge in [-0.15, -0.1) is 0 Å². The fraction of sp³-hybridized carbons (Fsp3) is 0.381. The summed E-state index contributed by atoms with van der Waals surface area (Å²) >= 11 is 0. The van der Waals surface area contributed by atoms with Crippen molar-refractivity contribution in [3.8, 4) is 0 Å². The van der Waals surface area contributed by atoms with E-state index in [-0.39, 0.29) is 29.3 Å². The number of rotatable bonds is 5. The SMILES string of the molecule is O=C(NC(c1ccccc1)C1CC1)C1CC1c1ccccc1C(F)(F)F. The van der Waals surface area contributed by atoms with Crippen LogP contribution >= 0.6 is 0 Å². The highest BCUT2D eigenvalue weighted by atomic mass is 19.4. The Morgan fingerprint density at radius 1 is 1.00 bits per heavy atom. The van der Waals surface area contributed by atoms with Gasteiger partial charge in [-0.1, -0.05) is 48.5 Å². The molecule has 1 N–H and O–H groups in total. The maximum Gasteiger partial charge on any atom is 0.416 e. The van der Waals surface area contributed by atoms with E-state index in [1.54, 1.807) is 6.07 Å². The van der Waals surface area contributed by atoms with Crippen LogP contribution in [-0.2, 0) is 11.0 Å².